The smallest absolute Gasteiger partial charge is 0.404 e. The second-order valence-electron chi connectivity index (χ2n) is 9.95. The van der Waals surface area contributed by atoms with Crippen LogP contribution in [0.5, 0.6) is 5.75 Å². The summed E-state index contributed by atoms with van der Waals surface area (Å²) in [6.07, 6.45) is -1.38. The van der Waals surface area contributed by atoms with Crippen molar-refractivity contribution < 1.29 is 27.5 Å². The molecule has 2 amide bonds. The Labute approximate surface area is 227 Å². The van der Waals surface area contributed by atoms with Crippen molar-refractivity contribution in [2.75, 3.05) is 52.8 Å². The Morgan fingerprint density at radius 2 is 1.79 bits per heavy atom. The van der Waals surface area contributed by atoms with E-state index in [0.29, 0.717) is 22.9 Å². The van der Waals surface area contributed by atoms with Crippen LogP contribution in [0.4, 0.5) is 18.9 Å². The maximum Gasteiger partial charge on any atom is 0.404 e. The molecule has 1 unspecified atom stereocenters. The summed E-state index contributed by atoms with van der Waals surface area (Å²) >= 11 is 6.36. The monoisotopic (exact) mass is 553 g/mol. The van der Waals surface area contributed by atoms with Crippen molar-refractivity contribution in [2.45, 2.75) is 37.8 Å². The lowest BCUT2D eigenvalue weighted by molar-refractivity contribution is -0.171. The number of piperidine rings is 1. The van der Waals surface area contributed by atoms with Crippen molar-refractivity contribution in [2.24, 2.45) is 5.92 Å². The molecule has 1 aliphatic heterocycles. The van der Waals surface area contributed by atoms with Crippen LogP contribution in [0.15, 0.2) is 42.5 Å². The molecule has 0 aliphatic carbocycles. The number of ether oxygens (including phenoxy) is 1. The molecule has 2 aromatic carbocycles. The number of methoxy groups -OCH3 is 1. The number of hydrogen-bond acceptors (Lipinski definition) is 4. The van der Waals surface area contributed by atoms with Gasteiger partial charge in [0.1, 0.15) is 5.75 Å². The number of carbonyl (C=O) groups excluding carboxylic acids is 2. The van der Waals surface area contributed by atoms with Gasteiger partial charge in [-0.3, -0.25) is 9.59 Å². The van der Waals surface area contributed by atoms with Gasteiger partial charge < -0.3 is 19.4 Å². The van der Waals surface area contributed by atoms with E-state index in [1.54, 1.807) is 26.2 Å². The molecule has 1 aliphatic rings. The number of alkyl halides is 3. The van der Waals surface area contributed by atoms with Crippen molar-refractivity contribution in [3.8, 4) is 5.75 Å². The summed E-state index contributed by atoms with van der Waals surface area (Å²) < 4.78 is 46.6. The highest BCUT2D eigenvalue weighted by molar-refractivity contribution is 6.34. The Balaban J connectivity index is 1.51. The predicted molar refractivity (Wildman–Crippen MR) is 143 cm³/mol. The van der Waals surface area contributed by atoms with E-state index in [1.807, 2.05) is 12.1 Å². The van der Waals surface area contributed by atoms with Crippen molar-refractivity contribution >= 4 is 29.1 Å². The predicted octanol–water partition coefficient (Wildman–Crippen LogP) is 5.85. The highest BCUT2D eigenvalue weighted by Crippen LogP contribution is 2.37. The van der Waals surface area contributed by atoms with E-state index in [0.717, 1.165) is 38.0 Å². The van der Waals surface area contributed by atoms with Gasteiger partial charge in [-0.1, -0.05) is 23.7 Å². The number of halogens is 4. The minimum atomic E-state index is -4.70. The van der Waals surface area contributed by atoms with Crippen molar-refractivity contribution in [1.29, 1.82) is 0 Å². The fraction of sp³-hybridized carbons (Fsp3) is 0.500. The first kappa shape index (κ1) is 29.6. The fourth-order valence-electron chi connectivity index (χ4n) is 4.84. The minimum absolute atomic E-state index is 0.125. The molecule has 3 rings (SSSR count). The van der Waals surface area contributed by atoms with E-state index in [1.165, 1.54) is 42.2 Å². The SMILES string of the molecule is COc1cccc(C(C(=O)N(C)CCCC2CCN(c3ccc(C(=O)N(C)C)c(Cl)c3)CC2)C(F)(F)F)c1. The van der Waals surface area contributed by atoms with Gasteiger partial charge in [0.2, 0.25) is 5.91 Å². The molecule has 0 N–H and O–H groups in total. The molecule has 0 saturated carbocycles. The summed E-state index contributed by atoms with van der Waals surface area (Å²) in [5.41, 5.74) is 1.30. The van der Waals surface area contributed by atoms with Gasteiger partial charge in [-0.05, 0) is 67.5 Å². The van der Waals surface area contributed by atoms with Crippen LogP contribution in [0.25, 0.3) is 0 Å². The average molecular weight is 554 g/mol. The Morgan fingerprint density at radius 3 is 2.37 bits per heavy atom. The molecule has 0 radical (unpaired) electrons. The van der Waals surface area contributed by atoms with Gasteiger partial charge in [-0.25, -0.2) is 0 Å². The summed E-state index contributed by atoms with van der Waals surface area (Å²) in [5.74, 6) is -2.63. The number of rotatable bonds is 9. The van der Waals surface area contributed by atoms with Crippen molar-refractivity contribution in [1.82, 2.24) is 9.80 Å². The summed E-state index contributed by atoms with van der Waals surface area (Å²) in [4.78, 5) is 29.9. The molecule has 0 spiro atoms. The summed E-state index contributed by atoms with van der Waals surface area (Å²) in [7, 11) is 6.17. The zero-order valence-corrected chi connectivity index (χ0v) is 23.0. The first-order chi connectivity index (χ1) is 17.9. The van der Waals surface area contributed by atoms with Gasteiger partial charge in [0, 0.05) is 46.5 Å². The number of anilines is 1. The molecule has 38 heavy (non-hydrogen) atoms. The van der Waals surface area contributed by atoms with Crippen molar-refractivity contribution in [3.05, 3.63) is 58.6 Å². The van der Waals surface area contributed by atoms with Crippen LogP contribution in [0.2, 0.25) is 5.02 Å². The van der Waals surface area contributed by atoms with E-state index in [4.69, 9.17) is 16.3 Å². The first-order valence-electron chi connectivity index (χ1n) is 12.6. The molecule has 1 saturated heterocycles. The first-order valence-corrected chi connectivity index (χ1v) is 13.0. The van der Waals surface area contributed by atoms with E-state index in [-0.39, 0.29) is 23.8 Å². The van der Waals surface area contributed by atoms with Crippen LogP contribution in [0.3, 0.4) is 0 Å². The maximum atomic E-state index is 13.8. The fourth-order valence-corrected chi connectivity index (χ4v) is 5.09. The minimum Gasteiger partial charge on any atom is -0.497 e. The van der Waals surface area contributed by atoms with Gasteiger partial charge in [0.25, 0.3) is 5.91 Å². The van der Waals surface area contributed by atoms with Crippen LogP contribution in [0.1, 0.15) is 47.5 Å². The van der Waals surface area contributed by atoms with E-state index in [2.05, 4.69) is 4.90 Å². The summed E-state index contributed by atoms with van der Waals surface area (Å²) in [6.45, 7) is 1.90. The zero-order chi connectivity index (χ0) is 28.0. The third-order valence-electron chi connectivity index (χ3n) is 7.05. The molecule has 0 bridgehead atoms. The molecule has 6 nitrogen and oxygen atoms in total. The van der Waals surface area contributed by atoms with Gasteiger partial charge in [0.15, 0.2) is 5.92 Å². The average Bonchev–Trinajstić information content (AvgIpc) is 2.87. The largest absolute Gasteiger partial charge is 0.497 e. The lowest BCUT2D eigenvalue weighted by atomic mass is 9.91. The van der Waals surface area contributed by atoms with Crippen LogP contribution < -0.4 is 9.64 Å². The lowest BCUT2D eigenvalue weighted by Gasteiger charge is -2.34. The molecule has 10 heteroatoms. The van der Waals surface area contributed by atoms with Crippen molar-refractivity contribution in [3.63, 3.8) is 0 Å². The molecule has 2 aromatic rings. The highest BCUT2D eigenvalue weighted by Gasteiger charge is 2.47. The third-order valence-corrected chi connectivity index (χ3v) is 7.37. The van der Waals surface area contributed by atoms with Crippen LogP contribution >= 0.6 is 11.6 Å². The van der Waals surface area contributed by atoms with E-state index < -0.39 is 18.0 Å². The second-order valence-corrected chi connectivity index (χ2v) is 10.4. The van der Waals surface area contributed by atoms with Gasteiger partial charge in [-0.2, -0.15) is 13.2 Å². The zero-order valence-electron chi connectivity index (χ0n) is 22.2. The van der Waals surface area contributed by atoms with E-state index >= 15 is 0 Å². The topological polar surface area (TPSA) is 53.1 Å². The lowest BCUT2D eigenvalue weighted by Crippen LogP contribution is -2.39. The number of nitrogens with zero attached hydrogens (tertiary/aromatic N) is 3. The van der Waals surface area contributed by atoms with E-state index in [9.17, 15) is 22.8 Å². The Hall–Kier alpha value is -2.94. The van der Waals surface area contributed by atoms with Gasteiger partial charge in [0.05, 0.1) is 17.7 Å². The molecule has 0 aromatic heterocycles. The molecule has 208 valence electrons. The third kappa shape index (κ3) is 7.34. The van der Waals surface area contributed by atoms with Gasteiger partial charge >= 0.3 is 6.18 Å². The summed E-state index contributed by atoms with van der Waals surface area (Å²) in [6, 6.07) is 11.0. The normalized spacial score (nSPS) is 15.2. The Morgan fingerprint density at radius 1 is 1.11 bits per heavy atom. The highest BCUT2D eigenvalue weighted by atomic mass is 35.5. The molecular formula is C28H35ClF3N3O3. The number of benzene rings is 2. The molecule has 1 heterocycles. The molecular weight excluding hydrogens is 519 g/mol. The van der Waals surface area contributed by atoms with Crippen LogP contribution in [-0.2, 0) is 4.79 Å². The Kier molecular flexibility index (Phi) is 9.93. The molecule has 1 fully saturated rings. The Bertz CT molecular complexity index is 1120. The standard InChI is InChI=1S/C28H35ClF3N3O3/c1-33(2)26(36)23-11-10-21(18-24(23)29)35-15-12-19(13-16-35)7-6-14-34(3)27(37)25(28(30,31)32)20-8-5-9-22(17-20)38-4/h5,8-11,17-19,25H,6-7,12-16H2,1-4H3. The quantitative estimate of drug-likeness (QED) is 0.391. The van der Waals surface area contributed by atoms with Gasteiger partial charge in [-0.15, -0.1) is 0 Å². The number of likely N-dealkylation sites (N-methyl/N-ethyl adjacent to an activating group) is 1. The van der Waals surface area contributed by atoms with Crippen LogP contribution in [-0.4, -0.2) is 75.7 Å². The summed E-state index contributed by atoms with van der Waals surface area (Å²) in [5, 5.41) is 0.419. The number of carbonyl (C=O) groups is 2. The maximum absolute atomic E-state index is 13.8. The number of amides is 2. The van der Waals surface area contributed by atoms with Crippen LogP contribution in [0, 0.1) is 5.92 Å². The molecule has 1 atom stereocenters. The number of hydrogen-bond donors (Lipinski definition) is 0. The second kappa shape index (κ2) is 12.7.